The van der Waals surface area contributed by atoms with Gasteiger partial charge in [-0.25, -0.2) is 4.98 Å². The summed E-state index contributed by atoms with van der Waals surface area (Å²) in [5, 5.41) is 1.16. The number of hydrogen-bond acceptors (Lipinski definition) is 2. The van der Waals surface area contributed by atoms with Crippen LogP contribution in [0.1, 0.15) is 0 Å². The fourth-order valence-corrected chi connectivity index (χ4v) is 1.54. The molecule has 0 radical (unpaired) electrons. The molecule has 0 aliphatic carbocycles. The van der Waals surface area contributed by atoms with Gasteiger partial charge in [0.2, 0.25) is 0 Å². The number of halogens is 2. The lowest BCUT2D eigenvalue weighted by atomic mass is 10.1. The van der Waals surface area contributed by atoms with Gasteiger partial charge in [0.1, 0.15) is 5.82 Å². The van der Waals surface area contributed by atoms with E-state index < -0.39 is 0 Å². The first-order valence-electron chi connectivity index (χ1n) is 4.34. The second kappa shape index (κ2) is 4.09. The molecule has 0 bridgehead atoms. The van der Waals surface area contributed by atoms with Crippen LogP contribution in [0.25, 0.3) is 11.1 Å². The van der Waals surface area contributed by atoms with Gasteiger partial charge >= 0.3 is 0 Å². The summed E-state index contributed by atoms with van der Waals surface area (Å²) in [6.07, 6.45) is 1.68. The molecule has 1 heterocycles. The van der Waals surface area contributed by atoms with E-state index in [0.29, 0.717) is 15.9 Å². The Balaban J connectivity index is 2.45. The minimum absolute atomic E-state index is 0.342. The van der Waals surface area contributed by atoms with Crippen LogP contribution in [0.5, 0.6) is 0 Å². The molecule has 0 aliphatic rings. The summed E-state index contributed by atoms with van der Waals surface area (Å²) in [4.78, 5) is 3.99. The summed E-state index contributed by atoms with van der Waals surface area (Å²) in [7, 11) is 0. The predicted octanol–water partition coefficient (Wildman–Crippen LogP) is 3.64. The van der Waals surface area contributed by atoms with Crippen LogP contribution in [0.3, 0.4) is 0 Å². The van der Waals surface area contributed by atoms with Crippen molar-refractivity contribution in [2.45, 2.75) is 0 Å². The Morgan fingerprint density at radius 1 is 1.00 bits per heavy atom. The van der Waals surface area contributed by atoms with E-state index in [2.05, 4.69) is 4.98 Å². The van der Waals surface area contributed by atoms with Crippen LogP contribution >= 0.6 is 23.2 Å². The van der Waals surface area contributed by atoms with Gasteiger partial charge in [-0.2, -0.15) is 0 Å². The van der Waals surface area contributed by atoms with Gasteiger partial charge in [0.15, 0.2) is 0 Å². The third-order valence-corrected chi connectivity index (χ3v) is 2.60. The zero-order valence-corrected chi connectivity index (χ0v) is 9.26. The highest BCUT2D eigenvalue weighted by Gasteiger charge is 2.02. The molecule has 4 heteroatoms. The number of pyridine rings is 1. The Labute approximate surface area is 97.7 Å². The van der Waals surface area contributed by atoms with Crippen molar-refractivity contribution in [3.63, 3.8) is 0 Å². The van der Waals surface area contributed by atoms with Gasteiger partial charge in [0, 0.05) is 16.8 Å². The maximum atomic E-state index is 5.88. The molecule has 0 fully saturated rings. The van der Waals surface area contributed by atoms with Crippen molar-refractivity contribution in [3.8, 4) is 11.1 Å². The topological polar surface area (TPSA) is 38.9 Å². The Bertz CT molecular complexity index is 480. The smallest absolute Gasteiger partial charge is 0.142 e. The monoisotopic (exact) mass is 238 g/mol. The largest absolute Gasteiger partial charge is 0.382 e. The zero-order valence-electron chi connectivity index (χ0n) is 7.74. The van der Waals surface area contributed by atoms with Crippen LogP contribution in [-0.2, 0) is 0 Å². The van der Waals surface area contributed by atoms with E-state index in [1.807, 2.05) is 24.3 Å². The number of anilines is 1. The standard InChI is InChI=1S/C11H8Cl2N2/c12-9-3-1-7(2-4-9)8-5-10(13)11(14)15-6-8/h1-6H,(H2,14,15). The maximum absolute atomic E-state index is 5.88. The van der Waals surface area contributed by atoms with Crippen molar-refractivity contribution in [2.75, 3.05) is 5.73 Å². The van der Waals surface area contributed by atoms with Crippen molar-refractivity contribution in [2.24, 2.45) is 0 Å². The van der Waals surface area contributed by atoms with E-state index in [1.165, 1.54) is 0 Å². The van der Waals surface area contributed by atoms with Gasteiger partial charge < -0.3 is 5.73 Å². The molecule has 2 N–H and O–H groups in total. The van der Waals surface area contributed by atoms with Gasteiger partial charge in [0.05, 0.1) is 5.02 Å². The van der Waals surface area contributed by atoms with Crippen LogP contribution in [0.15, 0.2) is 36.5 Å². The molecular weight excluding hydrogens is 231 g/mol. The normalized spacial score (nSPS) is 10.3. The Kier molecular flexibility index (Phi) is 2.80. The molecule has 2 rings (SSSR count). The second-order valence-electron chi connectivity index (χ2n) is 3.10. The van der Waals surface area contributed by atoms with Crippen molar-refractivity contribution >= 4 is 29.0 Å². The third-order valence-electron chi connectivity index (χ3n) is 2.05. The Morgan fingerprint density at radius 2 is 1.67 bits per heavy atom. The molecule has 0 saturated carbocycles. The van der Waals surface area contributed by atoms with Crippen molar-refractivity contribution in [1.29, 1.82) is 0 Å². The maximum Gasteiger partial charge on any atom is 0.142 e. The summed E-state index contributed by atoms with van der Waals surface area (Å²) in [5.74, 6) is 0.342. The number of aromatic nitrogens is 1. The van der Waals surface area contributed by atoms with E-state index in [4.69, 9.17) is 28.9 Å². The summed E-state index contributed by atoms with van der Waals surface area (Å²) < 4.78 is 0. The molecule has 0 aliphatic heterocycles. The lowest BCUT2D eigenvalue weighted by Gasteiger charge is -2.03. The molecule has 1 aromatic carbocycles. The number of benzene rings is 1. The van der Waals surface area contributed by atoms with E-state index in [0.717, 1.165) is 11.1 Å². The number of nitrogens with two attached hydrogens (primary N) is 1. The van der Waals surface area contributed by atoms with E-state index in [-0.39, 0.29) is 0 Å². The number of rotatable bonds is 1. The summed E-state index contributed by atoms with van der Waals surface area (Å²) in [5.41, 5.74) is 7.46. The van der Waals surface area contributed by atoms with Crippen molar-refractivity contribution in [1.82, 2.24) is 4.98 Å². The molecule has 1 aromatic heterocycles. The molecule has 76 valence electrons. The minimum atomic E-state index is 0.342. The first-order chi connectivity index (χ1) is 7.16. The summed E-state index contributed by atoms with van der Waals surface area (Å²) in [6.45, 7) is 0. The van der Waals surface area contributed by atoms with E-state index in [1.54, 1.807) is 12.3 Å². The van der Waals surface area contributed by atoms with Crippen LogP contribution in [-0.4, -0.2) is 4.98 Å². The average molecular weight is 239 g/mol. The first kappa shape index (κ1) is 10.3. The fourth-order valence-electron chi connectivity index (χ4n) is 1.25. The van der Waals surface area contributed by atoms with Gasteiger partial charge in [-0.15, -0.1) is 0 Å². The first-order valence-corrected chi connectivity index (χ1v) is 5.09. The average Bonchev–Trinajstić information content (AvgIpc) is 2.23. The molecular formula is C11H8Cl2N2. The molecule has 0 atom stereocenters. The van der Waals surface area contributed by atoms with Crippen LogP contribution in [0.4, 0.5) is 5.82 Å². The SMILES string of the molecule is Nc1ncc(-c2ccc(Cl)cc2)cc1Cl. The highest BCUT2D eigenvalue weighted by Crippen LogP contribution is 2.25. The van der Waals surface area contributed by atoms with E-state index in [9.17, 15) is 0 Å². The van der Waals surface area contributed by atoms with E-state index >= 15 is 0 Å². The molecule has 0 unspecified atom stereocenters. The summed E-state index contributed by atoms with van der Waals surface area (Å²) in [6, 6.07) is 9.24. The summed E-state index contributed by atoms with van der Waals surface area (Å²) >= 11 is 11.7. The molecule has 0 saturated heterocycles. The van der Waals surface area contributed by atoms with Crippen LogP contribution < -0.4 is 5.73 Å². The Morgan fingerprint density at radius 3 is 2.27 bits per heavy atom. The van der Waals surface area contributed by atoms with Gasteiger partial charge in [-0.3, -0.25) is 0 Å². The van der Waals surface area contributed by atoms with Gasteiger partial charge in [-0.1, -0.05) is 35.3 Å². The van der Waals surface area contributed by atoms with Crippen molar-refractivity contribution < 1.29 is 0 Å². The zero-order chi connectivity index (χ0) is 10.8. The molecule has 2 nitrogen and oxygen atoms in total. The van der Waals surface area contributed by atoms with Crippen molar-refractivity contribution in [3.05, 3.63) is 46.6 Å². The number of nitrogens with zero attached hydrogens (tertiary/aromatic N) is 1. The molecule has 0 amide bonds. The Hall–Kier alpha value is -1.25. The fraction of sp³-hybridized carbons (Fsp3) is 0. The lowest BCUT2D eigenvalue weighted by Crippen LogP contribution is -1.91. The quantitative estimate of drug-likeness (QED) is 0.825. The van der Waals surface area contributed by atoms with Gasteiger partial charge in [-0.05, 0) is 23.8 Å². The number of hydrogen-bond donors (Lipinski definition) is 1. The second-order valence-corrected chi connectivity index (χ2v) is 3.94. The predicted molar refractivity (Wildman–Crippen MR) is 64.1 cm³/mol. The highest BCUT2D eigenvalue weighted by atomic mass is 35.5. The minimum Gasteiger partial charge on any atom is -0.382 e. The lowest BCUT2D eigenvalue weighted by molar-refractivity contribution is 1.34. The van der Waals surface area contributed by atoms with Crippen LogP contribution in [0.2, 0.25) is 10.0 Å². The van der Waals surface area contributed by atoms with Crippen LogP contribution in [0, 0.1) is 0 Å². The number of nitrogen functional groups attached to an aromatic ring is 1. The molecule has 0 spiro atoms. The molecule has 2 aromatic rings. The molecule has 15 heavy (non-hydrogen) atoms. The highest BCUT2D eigenvalue weighted by molar-refractivity contribution is 6.33. The third kappa shape index (κ3) is 2.22. The van der Waals surface area contributed by atoms with Gasteiger partial charge in [0.25, 0.3) is 0 Å².